The van der Waals surface area contributed by atoms with Gasteiger partial charge in [-0.1, -0.05) is 19.1 Å². The molecule has 0 saturated heterocycles. The minimum absolute atomic E-state index is 0.130. The molecular formula is C20H20N2O2S. The van der Waals surface area contributed by atoms with Crippen molar-refractivity contribution < 1.29 is 9.53 Å². The summed E-state index contributed by atoms with van der Waals surface area (Å²) in [6.07, 6.45) is 0.939. The predicted molar refractivity (Wildman–Crippen MR) is 101 cm³/mol. The molecule has 1 heterocycles. The molecule has 1 aromatic heterocycles. The molecule has 0 bridgehead atoms. The van der Waals surface area contributed by atoms with Crippen LogP contribution in [0.2, 0.25) is 0 Å². The maximum atomic E-state index is 12.3. The van der Waals surface area contributed by atoms with Crippen molar-refractivity contribution in [2.75, 3.05) is 5.32 Å². The van der Waals surface area contributed by atoms with Crippen molar-refractivity contribution in [1.82, 2.24) is 4.98 Å². The fourth-order valence-corrected chi connectivity index (χ4v) is 3.00. The number of nitrogens with one attached hydrogen (secondary N) is 1. The molecule has 0 spiro atoms. The van der Waals surface area contributed by atoms with Crippen molar-refractivity contribution in [3.8, 4) is 5.75 Å². The quantitative estimate of drug-likeness (QED) is 0.690. The van der Waals surface area contributed by atoms with Crippen LogP contribution >= 0.6 is 11.3 Å². The number of benzene rings is 2. The van der Waals surface area contributed by atoms with Crippen LogP contribution < -0.4 is 10.1 Å². The minimum atomic E-state index is -0.130. The van der Waals surface area contributed by atoms with Gasteiger partial charge in [-0.3, -0.25) is 4.79 Å². The lowest BCUT2D eigenvalue weighted by molar-refractivity contribution is 0.102. The van der Waals surface area contributed by atoms with E-state index in [4.69, 9.17) is 4.74 Å². The van der Waals surface area contributed by atoms with Crippen molar-refractivity contribution in [3.63, 3.8) is 0 Å². The first-order valence-electron chi connectivity index (χ1n) is 8.18. The third kappa shape index (κ3) is 4.67. The number of hydrogen-bond donors (Lipinski definition) is 1. The van der Waals surface area contributed by atoms with Gasteiger partial charge in [0.1, 0.15) is 12.4 Å². The zero-order valence-electron chi connectivity index (χ0n) is 14.3. The summed E-state index contributed by atoms with van der Waals surface area (Å²) in [7, 11) is 0. The fourth-order valence-electron chi connectivity index (χ4n) is 2.41. The fraction of sp³-hybridized carbons (Fsp3) is 0.200. The van der Waals surface area contributed by atoms with Crippen LogP contribution in [0.15, 0.2) is 53.9 Å². The van der Waals surface area contributed by atoms with Gasteiger partial charge in [-0.25, -0.2) is 4.98 Å². The number of aromatic nitrogens is 1. The van der Waals surface area contributed by atoms with Gasteiger partial charge in [0.2, 0.25) is 0 Å². The molecule has 0 aliphatic rings. The smallest absolute Gasteiger partial charge is 0.255 e. The van der Waals surface area contributed by atoms with Crippen LogP contribution in [0, 0.1) is 6.92 Å². The van der Waals surface area contributed by atoms with Crippen molar-refractivity contribution in [2.45, 2.75) is 26.9 Å². The Balaban J connectivity index is 1.60. The van der Waals surface area contributed by atoms with Crippen LogP contribution in [-0.2, 0) is 13.0 Å². The molecule has 0 fully saturated rings. The van der Waals surface area contributed by atoms with Gasteiger partial charge in [-0.2, -0.15) is 0 Å². The number of hydrogen-bond acceptors (Lipinski definition) is 4. The van der Waals surface area contributed by atoms with Gasteiger partial charge in [0.15, 0.2) is 0 Å². The van der Waals surface area contributed by atoms with Crippen molar-refractivity contribution in [2.24, 2.45) is 0 Å². The van der Waals surface area contributed by atoms with Crippen molar-refractivity contribution in [3.05, 3.63) is 75.7 Å². The van der Waals surface area contributed by atoms with Crippen molar-refractivity contribution in [1.29, 1.82) is 0 Å². The molecule has 3 aromatic rings. The number of thiazole rings is 1. The van der Waals surface area contributed by atoms with E-state index in [2.05, 4.69) is 17.2 Å². The van der Waals surface area contributed by atoms with Crippen LogP contribution in [0.25, 0.3) is 0 Å². The summed E-state index contributed by atoms with van der Waals surface area (Å²) in [5, 5.41) is 5.94. The average molecular weight is 352 g/mol. The van der Waals surface area contributed by atoms with E-state index >= 15 is 0 Å². The van der Waals surface area contributed by atoms with Gasteiger partial charge in [0.05, 0.1) is 10.7 Å². The summed E-state index contributed by atoms with van der Waals surface area (Å²) in [6, 6.07) is 15.0. The third-order valence-corrected chi connectivity index (χ3v) is 4.59. The highest BCUT2D eigenvalue weighted by Crippen LogP contribution is 2.17. The summed E-state index contributed by atoms with van der Waals surface area (Å²) in [4.78, 5) is 16.7. The molecule has 0 aliphatic heterocycles. The molecule has 128 valence electrons. The number of anilines is 1. The maximum Gasteiger partial charge on any atom is 0.255 e. The van der Waals surface area contributed by atoms with E-state index in [1.807, 2.05) is 36.6 Å². The van der Waals surface area contributed by atoms with Crippen LogP contribution in [0.4, 0.5) is 5.69 Å². The molecule has 0 radical (unpaired) electrons. The van der Waals surface area contributed by atoms with E-state index in [0.29, 0.717) is 12.2 Å². The molecule has 0 atom stereocenters. The molecule has 0 unspecified atom stereocenters. The second-order valence-corrected chi connectivity index (χ2v) is 6.74. The van der Waals surface area contributed by atoms with E-state index in [1.165, 1.54) is 5.56 Å². The van der Waals surface area contributed by atoms with E-state index in [1.54, 1.807) is 35.6 Å². The van der Waals surface area contributed by atoms with E-state index in [-0.39, 0.29) is 5.91 Å². The topological polar surface area (TPSA) is 51.2 Å². The lowest BCUT2D eigenvalue weighted by atomic mass is 10.1. The van der Waals surface area contributed by atoms with Gasteiger partial charge in [-0.15, -0.1) is 11.3 Å². The second-order valence-electron chi connectivity index (χ2n) is 5.68. The van der Waals surface area contributed by atoms with Crippen LogP contribution in [0.5, 0.6) is 5.75 Å². The van der Waals surface area contributed by atoms with E-state index in [0.717, 1.165) is 28.6 Å². The Hall–Kier alpha value is -2.66. The van der Waals surface area contributed by atoms with Crippen LogP contribution in [0.3, 0.4) is 0 Å². The number of carbonyl (C=O) groups excluding carboxylic acids is 1. The highest BCUT2D eigenvalue weighted by atomic mass is 32.1. The Morgan fingerprint density at radius 2 is 2.00 bits per heavy atom. The summed E-state index contributed by atoms with van der Waals surface area (Å²) >= 11 is 1.61. The number of rotatable bonds is 6. The van der Waals surface area contributed by atoms with Gasteiger partial charge >= 0.3 is 0 Å². The Morgan fingerprint density at radius 3 is 2.68 bits per heavy atom. The monoisotopic (exact) mass is 352 g/mol. The SMILES string of the molecule is CCc1cccc(NC(=O)c2ccc(OCc3csc(C)n3)cc2)c1. The summed E-state index contributed by atoms with van der Waals surface area (Å²) in [5.74, 6) is 0.588. The first-order valence-corrected chi connectivity index (χ1v) is 9.06. The average Bonchev–Trinajstić information content (AvgIpc) is 3.06. The summed E-state index contributed by atoms with van der Waals surface area (Å²) in [5.41, 5.74) is 3.52. The third-order valence-electron chi connectivity index (χ3n) is 3.76. The molecule has 3 rings (SSSR count). The molecule has 5 heteroatoms. The first kappa shape index (κ1) is 17.2. The number of nitrogens with zero attached hydrogens (tertiary/aromatic N) is 1. The van der Waals surface area contributed by atoms with Crippen LogP contribution in [-0.4, -0.2) is 10.9 Å². The molecular weight excluding hydrogens is 332 g/mol. The molecule has 1 amide bonds. The Kier molecular flexibility index (Phi) is 5.46. The number of ether oxygens (including phenoxy) is 1. The zero-order chi connectivity index (χ0) is 17.6. The van der Waals surface area contributed by atoms with E-state index < -0.39 is 0 Å². The van der Waals surface area contributed by atoms with Crippen LogP contribution in [0.1, 0.15) is 33.5 Å². The Morgan fingerprint density at radius 1 is 1.20 bits per heavy atom. The van der Waals surface area contributed by atoms with Crippen molar-refractivity contribution >= 4 is 22.9 Å². The first-order chi connectivity index (χ1) is 12.1. The van der Waals surface area contributed by atoms with E-state index in [9.17, 15) is 4.79 Å². The molecule has 0 aliphatic carbocycles. The number of aryl methyl sites for hydroxylation is 2. The number of carbonyl (C=O) groups is 1. The maximum absolute atomic E-state index is 12.3. The van der Waals surface area contributed by atoms with Gasteiger partial charge in [0, 0.05) is 16.6 Å². The minimum Gasteiger partial charge on any atom is -0.487 e. The number of amides is 1. The standard InChI is InChI=1S/C20H20N2O2S/c1-3-15-5-4-6-17(11-15)22-20(23)16-7-9-19(10-8-16)24-12-18-13-25-14(2)21-18/h4-11,13H,3,12H2,1-2H3,(H,22,23). The molecule has 0 saturated carbocycles. The molecule has 2 aromatic carbocycles. The Labute approximate surface area is 151 Å². The largest absolute Gasteiger partial charge is 0.487 e. The highest BCUT2D eigenvalue weighted by molar-refractivity contribution is 7.09. The summed E-state index contributed by atoms with van der Waals surface area (Å²) in [6.45, 7) is 4.49. The lowest BCUT2D eigenvalue weighted by Crippen LogP contribution is -2.11. The van der Waals surface area contributed by atoms with Gasteiger partial charge < -0.3 is 10.1 Å². The summed E-state index contributed by atoms with van der Waals surface area (Å²) < 4.78 is 5.70. The molecule has 4 nitrogen and oxygen atoms in total. The lowest BCUT2D eigenvalue weighted by Gasteiger charge is -2.08. The normalized spacial score (nSPS) is 10.5. The Bertz CT molecular complexity index is 856. The second kappa shape index (κ2) is 7.94. The van der Waals surface area contributed by atoms with Gasteiger partial charge in [-0.05, 0) is 55.3 Å². The molecule has 25 heavy (non-hydrogen) atoms. The highest BCUT2D eigenvalue weighted by Gasteiger charge is 2.07. The zero-order valence-corrected chi connectivity index (χ0v) is 15.1. The predicted octanol–water partition coefficient (Wildman–Crippen LogP) is 4.85. The van der Waals surface area contributed by atoms with Gasteiger partial charge in [0.25, 0.3) is 5.91 Å². The molecule has 1 N–H and O–H groups in total.